The molecule has 3 heterocycles. The highest BCUT2D eigenvalue weighted by Crippen LogP contribution is 2.24. The predicted molar refractivity (Wildman–Crippen MR) is 127 cm³/mol. The van der Waals surface area contributed by atoms with Crippen molar-refractivity contribution in [2.45, 2.75) is 32.4 Å². The summed E-state index contributed by atoms with van der Waals surface area (Å²) >= 11 is 3.32. The van der Waals surface area contributed by atoms with Gasteiger partial charge < -0.3 is 20.6 Å². The van der Waals surface area contributed by atoms with Crippen molar-refractivity contribution in [2.75, 3.05) is 26.2 Å². The lowest BCUT2D eigenvalue weighted by atomic mass is 9.99. The van der Waals surface area contributed by atoms with Gasteiger partial charge in [0.1, 0.15) is 12.1 Å². The number of rotatable bonds is 6. The number of carbonyl (C=O) groups is 1. The number of fused-ring (bicyclic) bond motifs is 1. The second-order valence-corrected chi connectivity index (χ2v) is 8.55. The van der Waals surface area contributed by atoms with E-state index in [1.165, 1.54) is 10.4 Å². The third-order valence-corrected chi connectivity index (χ3v) is 6.33. The monoisotopic (exact) mass is 534 g/mol. The molecule has 154 valence electrons. The molecule has 28 heavy (non-hydrogen) atoms. The fraction of sp³-hybridized carbons (Fsp3) is 0.474. The molecule has 0 aromatic carbocycles. The van der Waals surface area contributed by atoms with E-state index in [9.17, 15) is 9.90 Å². The van der Waals surface area contributed by atoms with Crippen LogP contribution in [0.4, 0.5) is 0 Å². The summed E-state index contributed by atoms with van der Waals surface area (Å²) in [5.41, 5.74) is 1.12. The molecule has 0 aliphatic carbocycles. The van der Waals surface area contributed by atoms with Crippen molar-refractivity contribution < 1.29 is 9.90 Å². The van der Waals surface area contributed by atoms with Crippen molar-refractivity contribution in [2.24, 2.45) is 4.99 Å². The molecule has 0 fully saturated rings. The molecule has 2 aromatic heterocycles. The van der Waals surface area contributed by atoms with Crippen LogP contribution >= 0.6 is 46.7 Å². The van der Waals surface area contributed by atoms with E-state index >= 15 is 0 Å². The van der Waals surface area contributed by atoms with Gasteiger partial charge in [-0.1, -0.05) is 0 Å². The van der Waals surface area contributed by atoms with Crippen molar-refractivity contribution in [3.63, 3.8) is 0 Å². The van der Waals surface area contributed by atoms with Crippen LogP contribution in [0.3, 0.4) is 0 Å². The number of amides is 1. The van der Waals surface area contributed by atoms with Crippen LogP contribution in [0, 0.1) is 0 Å². The minimum atomic E-state index is -0.998. The van der Waals surface area contributed by atoms with Gasteiger partial charge in [-0.2, -0.15) is 11.3 Å². The summed E-state index contributed by atoms with van der Waals surface area (Å²) in [6, 6.07) is 4.01. The zero-order valence-corrected chi connectivity index (χ0v) is 20.1. The Bertz CT molecular complexity index is 790. The summed E-state index contributed by atoms with van der Waals surface area (Å²) in [6.07, 6.45) is 0.921. The molecule has 1 aliphatic rings. The van der Waals surface area contributed by atoms with E-state index in [-0.39, 0.29) is 36.4 Å². The molecule has 0 spiro atoms. The van der Waals surface area contributed by atoms with Crippen molar-refractivity contribution >= 4 is 58.5 Å². The van der Waals surface area contributed by atoms with Crippen LogP contribution < -0.4 is 10.6 Å². The Morgan fingerprint density at radius 3 is 2.89 bits per heavy atom. The molecule has 1 amide bonds. The lowest BCUT2D eigenvalue weighted by Gasteiger charge is -2.27. The first-order valence-corrected chi connectivity index (χ1v) is 10.9. The van der Waals surface area contributed by atoms with Gasteiger partial charge in [0.25, 0.3) is 0 Å². The molecule has 0 bridgehead atoms. The molecule has 3 N–H and O–H groups in total. The second-order valence-electron chi connectivity index (χ2n) is 6.77. The van der Waals surface area contributed by atoms with E-state index in [1.54, 1.807) is 29.6 Å². The van der Waals surface area contributed by atoms with Gasteiger partial charge in [-0.25, -0.2) is 4.99 Å². The summed E-state index contributed by atoms with van der Waals surface area (Å²) in [6.45, 7) is 6.24. The Balaban J connectivity index is 0.00000280. The van der Waals surface area contributed by atoms with E-state index < -0.39 is 5.60 Å². The van der Waals surface area contributed by atoms with Gasteiger partial charge in [-0.15, -0.1) is 35.3 Å². The minimum absolute atomic E-state index is 0. The Hall–Kier alpha value is -1.17. The van der Waals surface area contributed by atoms with Crippen LogP contribution in [-0.2, 0) is 23.4 Å². The standard InChI is InChI=1S/C19H26N4O2S2.HI/c1-3-20-18(22-13-19(2,25)15-6-8-26-12-15)21-10-17(24)23-7-4-16-14(11-23)5-9-27-16;/h5-6,8-9,12,25H,3-4,7,10-11,13H2,1-2H3,(H2,20,21,22);1H. The third kappa shape index (κ3) is 5.91. The van der Waals surface area contributed by atoms with Gasteiger partial charge in [0.2, 0.25) is 5.91 Å². The zero-order valence-electron chi connectivity index (χ0n) is 16.1. The summed E-state index contributed by atoms with van der Waals surface area (Å²) in [4.78, 5) is 20.2. The molecule has 0 radical (unpaired) electrons. The molecule has 1 unspecified atom stereocenters. The van der Waals surface area contributed by atoms with Gasteiger partial charge in [0, 0.05) is 24.5 Å². The highest BCUT2D eigenvalue weighted by atomic mass is 127. The summed E-state index contributed by atoms with van der Waals surface area (Å²) < 4.78 is 0. The van der Waals surface area contributed by atoms with Crippen LogP contribution in [0.2, 0.25) is 0 Å². The molecule has 9 heteroatoms. The van der Waals surface area contributed by atoms with E-state index in [4.69, 9.17) is 0 Å². The molecular weight excluding hydrogens is 507 g/mol. The van der Waals surface area contributed by atoms with Crippen LogP contribution in [0.1, 0.15) is 29.9 Å². The normalized spacial score (nSPS) is 16.0. The molecule has 6 nitrogen and oxygen atoms in total. The van der Waals surface area contributed by atoms with E-state index in [2.05, 4.69) is 27.1 Å². The van der Waals surface area contributed by atoms with Gasteiger partial charge >= 0.3 is 0 Å². The summed E-state index contributed by atoms with van der Waals surface area (Å²) in [5, 5.41) is 22.9. The highest BCUT2D eigenvalue weighted by Gasteiger charge is 2.24. The van der Waals surface area contributed by atoms with Gasteiger partial charge in [0.15, 0.2) is 5.96 Å². The lowest BCUT2D eigenvalue weighted by Crippen LogP contribution is -2.45. The van der Waals surface area contributed by atoms with Crippen LogP contribution in [0.5, 0.6) is 0 Å². The first kappa shape index (κ1) is 23.1. The van der Waals surface area contributed by atoms with Crippen LogP contribution in [0.25, 0.3) is 0 Å². The summed E-state index contributed by atoms with van der Waals surface area (Å²) in [7, 11) is 0. The maximum Gasteiger partial charge on any atom is 0.244 e. The fourth-order valence-electron chi connectivity index (χ4n) is 2.98. The Morgan fingerprint density at radius 1 is 1.36 bits per heavy atom. The van der Waals surface area contributed by atoms with Crippen molar-refractivity contribution in [3.8, 4) is 0 Å². The Labute approximate surface area is 191 Å². The number of guanidine groups is 1. The number of nitrogens with one attached hydrogen (secondary N) is 2. The SMILES string of the molecule is CCNC(=NCC(=O)N1CCc2sccc2C1)NCC(C)(O)c1ccsc1.I. The molecule has 2 aromatic rings. The lowest BCUT2D eigenvalue weighted by molar-refractivity contribution is -0.130. The largest absolute Gasteiger partial charge is 0.384 e. The average molecular weight is 534 g/mol. The highest BCUT2D eigenvalue weighted by molar-refractivity contribution is 14.0. The number of hydrogen-bond donors (Lipinski definition) is 3. The molecular formula is C19H27IN4O2S2. The van der Waals surface area contributed by atoms with Crippen LogP contribution in [0.15, 0.2) is 33.3 Å². The minimum Gasteiger partial charge on any atom is -0.384 e. The number of carbonyl (C=O) groups excluding carboxylic acids is 1. The van der Waals surface area contributed by atoms with E-state index in [0.717, 1.165) is 18.5 Å². The topological polar surface area (TPSA) is 77.0 Å². The van der Waals surface area contributed by atoms with Crippen LogP contribution in [-0.4, -0.2) is 48.1 Å². The Kier molecular flexibility index (Phi) is 8.72. The number of halogens is 1. The van der Waals surface area contributed by atoms with E-state index in [1.807, 2.05) is 28.7 Å². The van der Waals surface area contributed by atoms with Gasteiger partial charge in [-0.3, -0.25) is 4.79 Å². The van der Waals surface area contributed by atoms with Crippen molar-refractivity contribution in [1.29, 1.82) is 0 Å². The molecule has 3 rings (SSSR count). The van der Waals surface area contributed by atoms with Crippen molar-refractivity contribution in [1.82, 2.24) is 15.5 Å². The quantitative estimate of drug-likeness (QED) is 0.303. The maximum absolute atomic E-state index is 12.5. The molecule has 1 aliphatic heterocycles. The predicted octanol–water partition coefficient (Wildman–Crippen LogP) is 2.78. The third-order valence-electron chi connectivity index (χ3n) is 4.62. The first-order chi connectivity index (χ1) is 13.0. The molecule has 0 saturated carbocycles. The van der Waals surface area contributed by atoms with Crippen molar-refractivity contribution in [3.05, 3.63) is 44.3 Å². The molecule has 0 saturated heterocycles. The summed E-state index contributed by atoms with van der Waals surface area (Å²) in [5.74, 6) is 0.559. The number of nitrogens with zero attached hydrogens (tertiary/aromatic N) is 2. The number of hydrogen-bond acceptors (Lipinski definition) is 5. The van der Waals surface area contributed by atoms with Gasteiger partial charge in [-0.05, 0) is 59.7 Å². The maximum atomic E-state index is 12.5. The number of aliphatic hydroxyl groups is 1. The first-order valence-electron chi connectivity index (χ1n) is 9.10. The number of thiophene rings is 2. The second kappa shape index (κ2) is 10.6. The van der Waals surface area contributed by atoms with Gasteiger partial charge in [0.05, 0.1) is 6.54 Å². The van der Waals surface area contributed by atoms with E-state index in [0.29, 0.717) is 25.6 Å². The number of aliphatic imine (C=N–C) groups is 1. The Morgan fingerprint density at radius 2 is 2.18 bits per heavy atom. The molecule has 1 atom stereocenters. The fourth-order valence-corrected chi connectivity index (χ4v) is 4.65. The zero-order chi connectivity index (χ0) is 19.3. The average Bonchev–Trinajstić information content (AvgIpc) is 3.35. The smallest absolute Gasteiger partial charge is 0.244 e.